The van der Waals surface area contributed by atoms with E-state index in [0.717, 1.165) is 4.57 Å². The molecule has 0 amide bonds. The number of aliphatic hydroxyl groups is 3. The molecule has 17 nitrogen and oxygen atoms in total. The average Bonchev–Trinajstić information content (AvgIpc) is 2.78. The minimum Gasteiger partial charge on any atom is -0.394 e. The number of ether oxygens (including phenoxy) is 2. The number of aryl methyl sites for hydroxylation is 1. The van der Waals surface area contributed by atoms with E-state index in [-0.39, 0.29) is 18.7 Å². The second kappa shape index (κ2) is 13.2. The van der Waals surface area contributed by atoms with Crippen molar-refractivity contribution < 1.29 is 57.1 Å². The minimum absolute atomic E-state index is 0.225. The van der Waals surface area contributed by atoms with Crippen LogP contribution < -0.4 is 11.2 Å². The van der Waals surface area contributed by atoms with E-state index in [1.807, 2.05) is 0 Å². The van der Waals surface area contributed by atoms with Crippen molar-refractivity contribution in [3.63, 3.8) is 0 Å². The molecule has 1 aromatic rings. The topological polar surface area (TPSA) is 240 Å². The van der Waals surface area contributed by atoms with Crippen molar-refractivity contribution in [1.82, 2.24) is 14.5 Å². The summed E-state index contributed by atoms with van der Waals surface area (Å²) in [5.74, 6) is 0. The second-order valence-electron chi connectivity index (χ2n) is 8.45. The van der Waals surface area contributed by atoms with Gasteiger partial charge in [0.25, 0.3) is 5.56 Å². The highest BCUT2D eigenvalue weighted by atomic mass is 31.3. The molecule has 2 heterocycles. The van der Waals surface area contributed by atoms with Crippen molar-refractivity contribution in [2.75, 3.05) is 27.3 Å². The fourth-order valence-electron chi connectivity index (χ4n) is 3.43. The maximum Gasteiger partial charge on any atom is 0.483 e. The fraction of sp³-hybridized carbons (Fsp3) is 0.778. The van der Waals surface area contributed by atoms with Crippen LogP contribution in [0.1, 0.15) is 18.9 Å². The maximum absolute atomic E-state index is 12.4. The summed E-state index contributed by atoms with van der Waals surface area (Å²) in [5.41, 5.74) is -1.04. The van der Waals surface area contributed by atoms with Crippen LogP contribution in [-0.4, -0.2) is 104 Å². The molecule has 1 aliphatic rings. The lowest BCUT2D eigenvalue weighted by atomic mass is 9.95. The van der Waals surface area contributed by atoms with Crippen LogP contribution in [0.3, 0.4) is 0 Å². The number of aliphatic hydroxyl groups excluding tert-OH is 3. The summed E-state index contributed by atoms with van der Waals surface area (Å²) in [6.07, 6.45) is -5.72. The van der Waals surface area contributed by atoms with Gasteiger partial charge in [-0.15, -0.1) is 0 Å². The molecule has 8 atom stereocenters. The predicted molar refractivity (Wildman–Crippen MR) is 124 cm³/mol. The Kier molecular flexibility index (Phi) is 11.4. The molecule has 1 saturated heterocycles. The molecule has 0 spiro atoms. The Hall–Kier alpha value is -1.30. The van der Waals surface area contributed by atoms with E-state index in [1.165, 1.54) is 32.1 Å². The van der Waals surface area contributed by atoms with E-state index in [4.69, 9.17) is 18.5 Å². The molecule has 0 radical (unpaired) electrons. The first-order valence-electron chi connectivity index (χ1n) is 11.0. The summed E-state index contributed by atoms with van der Waals surface area (Å²) in [4.78, 5) is 46.7. The van der Waals surface area contributed by atoms with Crippen molar-refractivity contribution in [2.45, 2.75) is 63.7 Å². The number of phosphoric ester groups is 2. The van der Waals surface area contributed by atoms with Gasteiger partial charge >= 0.3 is 21.3 Å². The average molecular weight is 577 g/mol. The Morgan fingerprint density at radius 1 is 1.19 bits per heavy atom. The van der Waals surface area contributed by atoms with Crippen LogP contribution in [-0.2, 0) is 38.7 Å². The van der Waals surface area contributed by atoms with E-state index in [1.54, 1.807) is 6.92 Å². The summed E-state index contributed by atoms with van der Waals surface area (Å²) >= 11 is 0. The predicted octanol–water partition coefficient (Wildman–Crippen LogP) is -1.78. The molecule has 214 valence electrons. The van der Waals surface area contributed by atoms with Crippen molar-refractivity contribution in [1.29, 1.82) is 0 Å². The van der Waals surface area contributed by atoms with Gasteiger partial charge in [-0.25, -0.2) is 13.9 Å². The van der Waals surface area contributed by atoms with Gasteiger partial charge in [0.1, 0.15) is 25.0 Å². The van der Waals surface area contributed by atoms with Gasteiger partial charge in [-0.2, -0.15) is 4.31 Å². The monoisotopic (exact) mass is 577 g/mol. The van der Waals surface area contributed by atoms with Crippen molar-refractivity contribution >= 4 is 15.6 Å². The molecule has 19 heteroatoms. The number of nitrogens with one attached hydrogen (secondary N) is 1. The molecule has 0 saturated carbocycles. The summed E-state index contributed by atoms with van der Waals surface area (Å²) < 4.78 is 50.0. The molecular weight excluding hydrogens is 544 g/mol. The highest BCUT2D eigenvalue weighted by Gasteiger charge is 2.49. The molecule has 1 aromatic heterocycles. The lowest BCUT2D eigenvalue weighted by Gasteiger charge is -2.44. The number of phosphoric acid groups is 2. The van der Waals surface area contributed by atoms with Crippen LogP contribution in [0.5, 0.6) is 0 Å². The molecule has 5 unspecified atom stereocenters. The fourth-order valence-corrected chi connectivity index (χ4v) is 5.61. The molecule has 1 fully saturated rings. The van der Waals surface area contributed by atoms with E-state index >= 15 is 0 Å². The van der Waals surface area contributed by atoms with Crippen LogP contribution in [0.4, 0.5) is 0 Å². The van der Waals surface area contributed by atoms with Crippen LogP contribution in [0.2, 0.25) is 0 Å². The Labute approximate surface area is 211 Å². The number of H-pyrrole nitrogens is 1. The van der Waals surface area contributed by atoms with Gasteiger partial charge in [-0.1, -0.05) is 6.92 Å². The van der Waals surface area contributed by atoms with Crippen molar-refractivity contribution in [3.8, 4) is 0 Å². The number of hydrogen-bond donors (Lipinski definition) is 6. The number of aromatic nitrogens is 2. The summed E-state index contributed by atoms with van der Waals surface area (Å²) in [5, 5.41) is 30.0. The standard InChI is InChI=1S/C18H33N3O14P2/c1-5-11(31-9-21-6-10(2)16(25)19-18(21)26)8-32-36(27,28)35-37(29,30)34-17-15(24)13(20(3)4)14(23)12(7-22)33-17/h6,11-15,17,22-24H,5,7-9H2,1-4H3,(H,27,28)(H,29,30)(H,19,25,26)/t11-,12?,13?,14+,15?,17+/m0/s1. The first-order valence-corrected chi connectivity index (χ1v) is 14.0. The van der Waals surface area contributed by atoms with E-state index in [9.17, 15) is 43.8 Å². The third-order valence-electron chi connectivity index (χ3n) is 5.41. The van der Waals surface area contributed by atoms with E-state index in [2.05, 4.69) is 9.29 Å². The zero-order chi connectivity index (χ0) is 28.1. The number of hydrogen-bond acceptors (Lipinski definition) is 13. The largest absolute Gasteiger partial charge is 0.483 e. The molecule has 0 aromatic carbocycles. The zero-order valence-electron chi connectivity index (χ0n) is 20.6. The second-order valence-corrected chi connectivity index (χ2v) is 11.4. The van der Waals surface area contributed by atoms with Gasteiger partial charge in [-0.05, 0) is 27.4 Å². The Balaban J connectivity index is 1.99. The highest BCUT2D eigenvalue weighted by molar-refractivity contribution is 7.61. The number of rotatable bonds is 13. The van der Waals surface area contributed by atoms with Crippen LogP contribution in [0.15, 0.2) is 15.8 Å². The third kappa shape index (κ3) is 8.86. The lowest BCUT2D eigenvalue weighted by Crippen LogP contribution is -2.63. The van der Waals surface area contributed by atoms with Crippen molar-refractivity contribution in [3.05, 3.63) is 32.6 Å². The summed E-state index contributed by atoms with van der Waals surface area (Å²) in [7, 11) is -7.67. The van der Waals surface area contributed by atoms with Gasteiger partial charge in [0.15, 0.2) is 6.29 Å². The van der Waals surface area contributed by atoms with Gasteiger partial charge in [0, 0.05) is 11.8 Å². The molecule has 37 heavy (non-hydrogen) atoms. The first-order chi connectivity index (χ1) is 17.1. The number of aromatic amines is 1. The Morgan fingerprint density at radius 3 is 2.41 bits per heavy atom. The molecule has 0 aliphatic carbocycles. The van der Waals surface area contributed by atoms with Gasteiger partial charge in [0.05, 0.1) is 25.4 Å². The Morgan fingerprint density at radius 2 is 1.84 bits per heavy atom. The minimum atomic E-state index is -5.41. The van der Waals surface area contributed by atoms with Gasteiger partial charge in [-0.3, -0.25) is 23.4 Å². The zero-order valence-corrected chi connectivity index (χ0v) is 22.4. The SMILES string of the molecule is CC[C@@H](COP(=O)(O)OP(=O)(O)O[C@H]1OC(CO)[C@@H](O)C(N(C)C)C1O)OCn1cc(C)c(=O)[nH]c1=O. The molecule has 6 N–H and O–H groups in total. The normalized spacial score (nSPS) is 28.5. The maximum atomic E-state index is 12.4. The number of nitrogens with zero attached hydrogens (tertiary/aromatic N) is 2. The Bertz CT molecular complexity index is 1110. The van der Waals surface area contributed by atoms with Crippen LogP contribution in [0, 0.1) is 6.92 Å². The highest BCUT2D eigenvalue weighted by Crippen LogP contribution is 2.61. The van der Waals surface area contributed by atoms with Gasteiger partial charge < -0.3 is 39.5 Å². The van der Waals surface area contributed by atoms with Crippen LogP contribution in [0.25, 0.3) is 0 Å². The molecule has 1 aliphatic heterocycles. The summed E-state index contributed by atoms with van der Waals surface area (Å²) in [6.45, 7) is 1.45. The third-order valence-corrected chi connectivity index (χ3v) is 8.01. The molecular formula is C18H33N3O14P2. The first kappa shape index (κ1) is 31.9. The smallest absolute Gasteiger partial charge is 0.394 e. The quantitative estimate of drug-likeness (QED) is 0.142. The van der Waals surface area contributed by atoms with Gasteiger partial charge in [0.2, 0.25) is 0 Å². The van der Waals surface area contributed by atoms with E-state index < -0.39 is 76.9 Å². The van der Waals surface area contributed by atoms with Crippen molar-refractivity contribution in [2.24, 2.45) is 0 Å². The van der Waals surface area contributed by atoms with E-state index in [0.29, 0.717) is 0 Å². The molecule has 0 bridgehead atoms. The van der Waals surface area contributed by atoms with Crippen LogP contribution >= 0.6 is 15.6 Å². The number of likely N-dealkylation sites (N-methyl/N-ethyl adjacent to an activating group) is 1. The lowest BCUT2D eigenvalue weighted by molar-refractivity contribution is -0.266. The summed E-state index contributed by atoms with van der Waals surface area (Å²) in [6, 6.07) is -1.09. The molecule has 2 rings (SSSR count).